The fraction of sp³-hybridized carbons (Fsp3) is 0.632. The van der Waals surface area contributed by atoms with Crippen LogP contribution >= 0.6 is 0 Å². The van der Waals surface area contributed by atoms with Crippen molar-refractivity contribution < 1.29 is 9.90 Å². The van der Waals surface area contributed by atoms with Crippen molar-refractivity contribution in [2.45, 2.75) is 51.6 Å². The number of nitrogens with zero attached hydrogens (tertiary/aromatic N) is 1. The number of piperidine rings is 1. The zero-order valence-electron chi connectivity index (χ0n) is 13.5. The highest BCUT2D eigenvalue weighted by molar-refractivity contribution is 5.84. The highest BCUT2D eigenvalue weighted by Crippen LogP contribution is 2.45. The maximum atomic E-state index is 13.0. The molecule has 0 spiro atoms. The van der Waals surface area contributed by atoms with Gasteiger partial charge in [0.25, 0.3) is 0 Å². The molecular weight excluding hydrogens is 274 g/mol. The van der Waals surface area contributed by atoms with Crippen LogP contribution < -0.4 is 0 Å². The van der Waals surface area contributed by atoms with E-state index in [0.717, 1.165) is 45.2 Å². The average Bonchev–Trinajstić information content (AvgIpc) is 2.51. The zero-order chi connectivity index (χ0) is 15.6. The van der Waals surface area contributed by atoms with Crippen molar-refractivity contribution in [2.24, 2.45) is 11.3 Å². The Kier molecular flexibility index (Phi) is 4.53. The van der Waals surface area contributed by atoms with Crippen LogP contribution in [0.4, 0.5) is 0 Å². The van der Waals surface area contributed by atoms with E-state index < -0.39 is 0 Å². The minimum atomic E-state index is -0.251. The van der Waals surface area contributed by atoms with Gasteiger partial charge in [-0.3, -0.25) is 4.79 Å². The molecule has 2 fully saturated rings. The lowest BCUT2D eigenvalue weighted by Crippen LogP contribution is -2.52. The number of benzene rings is 1. The first-order chi connectivity index (χ1) is 10.6. The first-order valence-corrected chi connectivity index (χ1v) is 8.62. The summed E-state index contributed by atoms with van der Waals surface area (Å²) in [4.78, 5) is 15.1. The van der Waals surface area contributed by atoms with Gasteiger partial charge in [-0.1, -0.05) is 36.8 Å². The molecule has 120 valence electrons. The van der Waals surface area contributed by atoms with Gasteiger partial charge in [0.1, 0.15) is 0 Å². The predicted octanol–water partition coefficient (Wildman–Crippen LogP) is 3.02. The lowest BCUT2D eigenvalue weighted by atomic mass is 9.64. The second kappa shape index (κ2) is 6.41. The van der Waals surface area contributed by atoms with E-state index in [1.807, 2.05) is 13.0 Å². The van der Waals surface area contributed by atoms with Crippen molar-refractivity contribution in [1.29, 1.82) is 0 Å². The molecule has 1 amide bonds. The van der Waals surface area contributed by atoms with Crippen molar-refractivity contribution in [1.82, 2.24) is 4.90 Å². The monoisotopic (exact) mass is 301 g/mol. The number of carbonyl (C=O) groups is 1. The van der Waals surface area contributed by atoms with Gasteiger partial charge < -0.3 is 10.0 Å². The molecule has 0 radical (unpaired) electrons. The molecule has 2 aliphatic rings. The molecule has 1 atom stereocenters. The molecule has 3 rings (SSSR count). The van der Waals surface area contributed by atoms with Crippen LogP contribution in [0.3, 0.4) is 0 Å². The number of rotatable bonds is 4. The van der Waals surface area contributed by atoms with E-state index >= 15 is 0 Å². The summed E-state index contributed by atoms with van der Waals surface area (Å²) in [5, 5.41) is 9.71. The van der Waals surface area contributed by atoms with Crippen LogP contribution in [0.1, 0.15) is 44.6 Å². The molecule has 0 unspecified atom stereocenters. The van der Waals surface area contributed by atoms with Gasteiger partial charge in [-0.25, -0.2) is 0 Å². The number of hydrogen-bond acceptors (Lipinski definition) is 2. The molecule has 1 N–H and O–H groups in total. The van der Waals surface area contributed by atoms with Gasteiger partial charge >= 0.3 is 0 Å². The third-order valence-corrected chi connectivity index (χ3v) is 5.66. The molecule has 1 aromatic carbocycles. The van der Waals surface area contributed by atoms with E-state index in [1.165, 1.54) is 12.0 Å². The highest BCUT2D eigenvalue weighted by atomic mass is 16.3. The molecule has 1 heterocycles. The number of likely N-dealkylation sites (tertiary alicyclic amines) is 1. The number of hydrogen-bond donors (Lipinski definition) is 1. The Labute approximate surface area is 133 Å². The smallest absolute Gasteiger partial charge is 0.229 e. The summed E-state index contributed by atoms with van der Waals surface area (Å²) in [5.41, 5.74) is 1.12. The molecule has 1 aliphatic heterocycles. The van der Waals surface area contributed by atoms with Gasteiger partial charge in [0.05, 0.1) is 11.5 Å². The predicted molar refractivity (Wildman–Crippen MR) is 87.4 cm³/mol. The van der Waals surface area contributed by atoms with Crippen molar-refractivity contribution in [2.75, 3.05) is 13.1 Å². The van der Waals surface area contributed by atoms with Crippen LogP contribution in [0.15, 0.2) is 30.3 Å². The Morgan fingerprint density at radius 3 is 2.41 bits per heavy atom. The van der Waals surface area contributed by atoms with Gasteiger partial charge in [0.15, 0.2) is 0 Å². The summed E-state index contributed by atoms with van der Waals surface area (Å²) in [6.45, 7) is 3.49. The highest BCUT2D eigenvalue weighted by Gasteiger charge is 2.46. The minimum absolute atomic E-state index is 0.154. The van der Waals surface area contributed by atoms with Crippen LogP contribution in [0.2, 0.25) is 0 Å². The fourth-order valence-corrected chi connectivity index (χ4v) is 3.98. The Bertz CT molecular complexity index is 499. The molecule has 3 nitrogen and oxygen atoms in total. The van der Waals surface area contributed by atoms with Crippen LogP contribution in [0.25, 0.3) is 0 Å². The summed E-state index contributed by atoms with van der Waals surface area (Å²) < 4.78 is 0. The zero-order valence-corrected chi connectivity index (χ0v) is 13.5. The van der Waals surface area contributed by atoms with Crippen LogP contribution in [0, 0.1) is 11.3 Å². The van der Waals surface area contributed by atoms with Crippen molar-refractivity contribution in [3.8, 4) is 0 Å². The van der Waals surface area contributed by atoms with Crippen molar-refractivity contribution in [3.05, 3.63) is 35.9 Å². The van der Waals surface area contributed by atoms with E-state index in [-0.39, 0.29) is 11.5 Å². The Morgan fingerprint density at radius 2 is 1.91 bits per heavy atom. The minimum Gasteiger partial charge on any atom is -0.393 e. The molecule has 1 aromatic rings. The van der Waals surface area contributed by atoms with Gasteiger partial charge in [0, 0.05) is 13.1 Å². The molecule has 0 aromatic heterocycles. The molecule has 1 saturated heterocycles. The first-order valence-electron chi connectivity index (χ1n) is 8.62. The Balaban J connectivity index is 1.65. The summed E-state index contributed by atoms with van der Waals surface area (Å²) in [6, 6.07) is 10.4. The number of aliphatic hydroxyl groups excluding tert-OH is 1. The standard InChI is InChI=1S/C19H27NO2/c1-15(21)17-8-12-20(13-9-17)18(22)19(10-5-11-19)14-16-6-3-2-4-7-16/h2-4,6-7,15,17,21H,5,8-14H2,1H3/t15-/m1/s1. The van der Waals surface area contributed by atoms with E-state index in [1.54, 1.807) is 0 Å². The lowest BCUT2D eigenvalue weighted by molar-refractivity contribution is -0.149. The number of amides is 1. The Hall–Kier alpha value is -1.35. The Morgan fingerprint density at radius 1 is 1.27 bits per heavy atom. The maximum Gasteiger partial charge on any atom is 0.229 e. The normalized spacial score (nSPS) is 22.9. The van der Waals surface area contributed by atoms with Crippen LogP contribution in [-0.2, 0) is 11.2 Å². The summed E-state index contributed by atoms with van der Waals surface area (Å²) in [5.74, 6) is 0.710. The second-order valence-electron chi connectivity index (χ2n) is 7.17. The topological polar surface area (TPSA) is 40.5 Å². The summed E-state index contributed by atoms with van der Waals surface area (Å²) >= 11 is 0. The molecule has 3 heteroatoms. The van der Waals surface area contributed by atoms with Crippen molar-refractivity contribution >= 4 is 5.91 Å². The van der Waals surface area contributed by atoms with Crippen LogP contribution in [0.5, 0.6) is 0 Å². The van der Waals surface area contributed by atoms with Crippen LogP contribution in [-0.4, -0.2) is 35.1 Å². The third kappa shape index (κ3) is 3.05. The molecule has 1 saturated carbocycles. The van der Waals surface area contributed by atoms with E-state index in [4.69, 9.17) is 0 Å². The van der Waals surface area contributed by atoms with Gasteiger partial charge in [-0.05, 0) is 50.5 Å². The molecule has 0 bridgehead atoms. The largest absolute Gasteiger partial charge is 0.393 e. The average molecular weight is 301 g/mol. The maximum absolute atomic E-state index is 13.0. The summed E-state index contributed by atoms with van der Waals surface area (Å²) in [7, 11) is 0. The van der Waals surface area contributed by atoms with E-state index in [0.29, 0.717) is 11.8 Å². The lowest BCUT2D eigenvalue weighted by Gasteiger charge is -2.45. The van der Waals surface area contributed by atoms with E-state index in [2.05, 4.69) is 29.2 Å². The van der Waals surface area contributed by atoms with Gasteiger partial charge in [-0.15, -0.1) is 0 Å². The molecular formula is C19H27NO2. The van der Waals surface area contributed by atoms with Gasteiger partial charge in [-0.2, -0.15) is 0 Å². The van der Waals surface area contributed by atoms with E-state index in [9.17, 15) is 9.90 Å². The second-order valence-corrected chi connectivity index (χ2v) is 7.17. The number of aliphatic hydroxyl groups is 1. The SMILES string of the molecule is C[C@@H](O)C1CCN(C(=O)C2(Cc3ccccc3)CCC2)CC1. The van der Waals surface area contributed by atoms with Crippen molar-refractivity contribution in [3.63, 3.8) is 0 Å². The third-order valence-electron chi connectivity index (χ3n) is 5.66. The number of carbonyl (C=O) groups excluding carboxylic acids is 1. The first kappa shape index (κ1) is 15.5. The molecule has 22 heavy (non-hydrogen) atoms. The molecule has 1 aliphatic carbocycles. The fourth-order valence-electron chi connectivity index (χ4n) is 3.98. The quantitative estimate of drug-likeness (QED) is 0.928. The van der Waals surface area contributed by atoms with Gasteiger partial charge in [0.2, 0.25) is 5.91 Å². The summed E-state index contributed by atoms with van der Waals surface area (Å²) in [6.07, 6.45) is 5.72.